The lowest BCUT2D eigenvalue weighted by molar-refractivity contribution is 0.0454. The predicted molar refractivity (Wildman–Crippen MR) is 66.3 cm³/mol. The second-order valence-corrected chi connectivity index (χ2v) is 4.24. The van der Waals surface area contributed by atoms with E-state index < -0.39 is 12.2 Å². The Hall–Kier alpha value is -1.71. The molecule has 1 aliphatic carbocycles. The summed E-state index contributed by atoms with van der Waals surface area (Å²) in [6.45, 7) is 0. The van der Waals surface area contributed by atoms with Gasteiger partial charge in [-0.05, 0) is 18.6 Å². The molecule has 3 rings (SSSR count). The second kappa shape index (κ2) is 3.95. The number of hydrogen-bond donors (Lipinski definition) is 2. The minimum Gasteiger partial charge on any atom is -0.385 e. The van der Waals surface area contributed by atoms with Gasteiger partial charge >= 0.3 is 0 Å². The van der Waals surface area contributed by atoms with E-state index in [-0.39, 0.29) is 0 Å². The molecule has 3 nitrogen and oxygen atoms in total. The first kappa shape index (κ1) is 10.4. The number of nitrogens with zero attached hydrogens (tertiary/aromatic N) is 1. The minimum atomic E-state index is -0.912. The van der Waals surface area contributed by atoms with Gasteiger partial charge in [-0.15, -0.1) is 0 Å². The highest BCUT2D eigenvalue weighted by Gasteiger charge is 2.29. The molecule has 0 amide bonds. The third-order valence-corrected chi connectivity index (χ3v) is 3.16. The van der Waals surface area contributed by atoms with Gasteiger partial charge < -0.3 is 10.2 Å². The molecule has 0 saturated carbocycles. The van der Waals surface area contributed by atoms with Crippen LogP contribution in [0.4, 0.5) is 5.69 Å². The van der Waals surface area contributed by atoms with Crippen molar-refractivity contribution in [1.29, 1.82) is 0 Å². The molecule has 1 aliphatic heterocycles. The fraction of sp³-hybridized carbons (Fsp3) is 0.214. The zero-order valence-electron chi connectivity index (χ0n) is 9.24. The Morgan fingerprint density at radius 3 is 2.82 bits per heavy atom. The molecule has 1 heterocycles. The van der Waals surface area contributed by atoms with E-state index in [0.29, 0.717) is 5.56 Å². The van der Waals surface area contributed by atoms with Crippen LogP contribution in [0.3, 0.4) is 0 Å². The Kier molecular flexibility index (Phi) is 2.42. The van der Waals surface area contributed by atoms with Crippen LogP contribution in [0.5, 0.6) is 0 Å². The van der Waals surface area contributed by atoms with Crippen LogP contribution in [0, 0.1) is 0 Å². The Bertz CT molecular complexity index is 543. The standard InChI is InChI=1S/C14H13NO2/c16-13-9-5-1-3-7-11(9)15-12-8-4-2-6-10(12)14(13)17/h1,3-8,13-14,16-17H,2H2/t13-,14-/m0/s1. The Morgan fingerprint density at radius 1 is 1.12 bits per heavy atom. The summed E-state index contributed by atoms with van der Waals surface area (Å²) in [4.78, 5) is 4.50. The summed E-state index contributed by atoms with van der Waals surface area (Å²) in [5.74, 6) is 0. The first-order chi connectivity index (χ1) is 8.27. The van der Waals surface area contributed by atoms with E-state index in [1.54, 1.807) is 6.07 Å². The van der Waals surface area contributed by atoms with Gasteiger partial charge in [-0.3, -0.25) is 0 Å². The maximum atomic E-state index is 10.2. The highest BCUT2D eigenvalue weighted by molar-refractivity contribution is 6.11. The average molecular weight is 227 g/mol. The highest BCUT2D eigenvalue weighted by atomic mass is 16.3. The SMILES string of the molecule is O[C@H]1C2=CCC=CC2=Nc2ccccc2[C@@H]1O. The van der Waals surface area contributed by atoms with E-state index in [1.165, 1.54) is 0 Å². The number of rotatable bonds is 0. The Labute approximate surface area is 99.4 Å². The lowest BCUT2D eigenvalue weighted by Crippen LogP contribution is -2.23. The molecule has 0 bridgehead atoms. The normalized spacial score (nSPS) is 26.5. The minimum absolute atomic E-state index is 0.677. The summed E-state index contributed by atoms with van der Waals surface area (Å²) in [5, 5.41) is 20.3. The number of benzene rings is 1. The highest BCUT2D eigenvalue weighted by Crippen LogP contribution is 2.35. The van der Waals surface area contributed by atoms with Crippen LogP contribution in [0.1, 0.15) is 18.1 Å². The molecule has 3 heteroatoms. The number of aliphatic imine (C=N–C) groups is 1. The van der Waals surface area contributed by atoms with Crippen LogP contribution in [-0.2, 0) is 0 Å². The average Bonchev–Trinajstić information content (AvgIpc) is 2.48. The molecule has 2 aliphatic rings. The van der Waals surface area contributed by atoms with Gasteiger partial charge in [-0.2, -0.15) is 0 Å². The molecule has 0 radical (unpaired) electrons. The smallest absolute Gasteiger partial charge is 0.111 e. The number of fused-ring (bicyclic) bond motifs is 2. The predicted octanol–water partition coefficient (Wildman–Crippen LogP) is 2.05. The van der Waals surface area contributed by atoms with Gasteiger partial charge in [0.25, 0.3) is 0 Å². The largest absolute Gasteiger partial charge is 0.385 e. The molecule has 0 unspecified atom stereocenters. The first-order valence-corrected chi connectivity index (χ1v) is 5.68. The molecule has 0 aromatic heterocycles. The summed E-state index contributed by atoms with van der Waals surface area (Å²) in [7, 11) is 0. The monoisotopic (exact) mass is 227 g/mol. The van der Waals surface area contributed by atoms with E-state index in [4.69, 9.17) is 0 Å². The lowest BCUT2D eigenvalue weighted by atomic mass is 9.93. The van der Waals surface area contributed by atoms with Crippen LogP contribution in [-0.4, -0.2) is 22.0 Å². The van der Waals surface area contributed by atoms with Crippen LogP contribution in [0.15, 0.2) is 53.1 Å². The summed E-state index contributed by atoms with van der Waals surface area (Å²) in [5.41, 5.74) is 2.86. The molecule has 17 heavy (non-hydrogen) atoms. The van der Waals surface area contributed by atoms with Crippen molar-refractivity contribution in [3.63, 3.8) is 0 Å². The van der Waals surface area contributed by atoms with Crippen molar-refractivity contribution < 1.29 is 10.2 Å². The number of allylic oxidation sites excluding steroid dienone is 3. The van der Waals surface area contributed by atoms with Crippen molar-refractivity contribution in [2.24, 2.45) is 4.99 Å². The number of aliphatic hydroxyl groups is 2. The maximum absolute atomic E-state index is 10.2. The van der Waals surface area contributed by atoms with Crippen molar-refractivity contribution >= 4 is 11.4 Å². The molecular formula is C14H13NO2. The molecule has 2 N–H and O–H groups in total. The van der Waals surface area contributed by atoms with E-state index in [0.717, 1.165) is 23.4 Å². The van der Waals surface area contributed by atoms with Gasteiger partial charge in [-0.1, -0.05) is 30.4 Å². The topological polar surface area (TPSA) is 52.8 Å². The Morgan fingerprint density at radius 2 is 1.94 bits per heavy atom. The zero-order chi connectivity index (χ0) is 11.8. The molecule has 0 saturated heterocycles. The third kappa shape index (κ3) is 1.64. The van der Waals surface area contributed by atoms with Crippen molar-refractivity contribution in [1.82, 2.24) is 0 Å². The molecule has 1 aromatic carbocycles. The lowest BCUT2D eigenvalue weighted by Gasteiger charge is -2.20. The fourth-order valence-electron chi connectivity index (χ4n) is 2.26. The number of para-hydroxylation sites is 1. The van der Waals surface area contributed by atoms with Gasteiger partial charge in [0.05, 0.1) is 11.4 Å². The van der Waals surface area contributed by atoms with Gasteiger partial charge in [0, 0.05) is 11.1 Å². The number of aliphatic hydroxyl groups excluding tert-OH is 2. The molecule has 86 valence electrons. The van der Waals surface area contributed by atoms with Crippen LogP contribution < -0.4 is 0 Å². The van der Waals surface area contributed by atoms with Crippen molar-refractivity contribution in [2.75, 3.05) is 0 Å². The van der Waals surface area contributed by atoms with Crippen molar-refractivity contribution in [3.05, 3.63) is 53.6 Å². The maximum Gasteiger partial charge on any atom is 0.111 e. The van der Waals surface area contributed by atoms with E-state index in [1.807, 2.05) is 36.4 Å². The molecule has 0 fully saturated rings. The van der Waals surface area contributed by atoms with Gasteiger partial charge in [-0.25, -0.2) is 4.99 Å². The Balaban J connectivity index is 2.21. The first-order valence-electron chi connectivity index (χ1n) is 5.68. The van der Waals surface area contributed by atoms with Crippen LogP contribution >= 0.6 is 0 Å². The summed E-state index contributed by atoms with van der Waals surface area (Å²) in [6, 6.07) is 7.37. The third-order valence-electron chi connectivity index (χ3n) is 3.16. The molecule has 2 atom stereocenters. The van der Waals surface area contributed by atoms with E-state index >= 15 is 0 Å². The van der Waals surface area contributed by atoms with Crippen molar-refractivity contribution in [3.8, 4) is 0 Å². The van der Waals surface area contributed by atoms with Gasteiger partial charge in [0.2, 0.25) is 0 Å². The summed E-state index contributed by atoms with van der Waals surface area (Å²) < 4.78 is 0. The quantitative estimate of drug-likeness (QED) is 0.712. The summed E-state index contributed by atoms with van der Waals surface area (Å²) >= 11 is 0. The van der Waals surface area contributed by atoms with Gasteiger partial charge in [0.15, 0.2) is 0 Å². The van der Waals surface area contributed by atoms with E-state index in [2.05, 4.69) is 4.99 Å². The van der Waals surface area contributed by atoms with Crippen LogP contribution in [0.25, 0.3) is 0 Å². The molecule has 0 spiro atoms. The summed E-state index contributed by atoms with van der Waals surface area (Å²) in [6.07, 6.45) is 4.77. The fourth-order valence-corrected chi connectivity index (χ4v) is 2.26. The zero-order valence-corrected chi connectivity index (χ0v) is 9.24. The molecular weight excluding hydrogens is 214 g/mol. The second-order valence-electron chi connectivity index (χ2n) is 4.24. The van der Waals surface area contributed by atoms with Crippen molar-refractivity contribution in [2.45, 2.75) is 18.6 Å². The van der Waals surface area contributed by atoms with Crippen LogP contribution in [0.2, 0.25) is 0 Å². The number of hydrogen-bond acceptors (Lipinski definition) is 3. The molecule has 1 aromatic rings. The van der Waals surface area contributed by atoms with Gasteiger partial charge in [0.1, 0.15) is 12.2 Å². The van der Waals surface area contributed by atoms with E-state index in [9.17, 15) is 10.2 Å².